The maximum atomic E-state index is 11.6. The molecule has 7 nitrogen and oxygen atoms in total. The van der Waals surface area contributed by atoms with Crippen LogP contribution in [0, 0.1) is 0 Å². The van der Waals surface area contributed by atoms with Gasteiger partial charge in [0, 0.05) is 0 Å². The van der Waals surface area contributed by atoms with Gasteiger partial charge in [0.1, 0.15) is 5.75 Å². The summed E-state index contributed by atoms with van der Waals surface area (Å²) in [4.78, 5) is 0. The third-order valence-corrected chi connectivity index (χ3v) is 1.29. The Morgan fingerprint density at radius 1 is 1.31 bits per heavy atom. The van der Waals surface area contributed by atoms with E-state index < -0.39 is 10.4 Å². The van der Waals surface area contributed by atoms with Crippen molar-refractivity contribution in [2.24, 2.45) is 0 Å². The molecule has 16 heavy (non-hydrogen) atoms. The minimum absolute atomic E-state index is 0.567. The van der Waals surface area contributed by atoms with E-state index in [0.29, 0.717) is 11.4 Å². The number of rotatable bonds is 3. The first kappa shape index (κ1) is 14.6. The Morgan fingerprint density at radius 2 is 1.81 bits per heavy atom. The van der Waals surface area contributed by atoms with Gasteiger partial charge in [0.2, 0.25) is 0 Å². The molecule has 0 saturated carbocycles. The number of methoxy groups -OCH3 is 1. The van der Waals surface area contributed by atoms with E-state index in [-0.39, 0.29) is 0 Å². The minimum Gasteiger partial charge on any atom is -0.495 e. The van der Waals surface area contributed by atoms with Crippen molar-refractivity contribution < 1.29 is 26.7 Å². The topological polar surface area (TPSA) is 108 Å². The van der Waals surface area contributed by atoms with Gasteiger partial charge in [-0.05, 0) is 12.1 Å². The number of hydrogen-bond acceptors (Lipinski definition) is 5. The number of nitrogens with one attached hydrogen (secondary N) is 2. The molecule has 1 aromatic carbocycles. The highest BCUT2D eigenvalue weighted by Gasteiger charge is 1.97. The molecular formula is C7H11FN2O5S. The van der Waals surface area contributed by atoms with Crippen LogP contribution in [0.5, 0.6) is 5.75 Å². The van der Waals surface area contributed by atoms with Crippen LogP contribution < -0.4 is 15.8 Å². The molecule has 0 aliphatic carbocycles. The third kappa shape index (κ3) is 7.94. The van der Waals surface area contributed by atoms with Crippen molar-refractivity contribution in [3.63, 3.8) is 0 Å². The average Bonchev–Trinajstić information content (AvgIpc) is 2.16. The second-order valence-electron chi connectivity index (χ2n) is 2.37. The number of halogens is 1. The first-order valence-electron chi connectivity index (χ1n) is 3.83. The largest absolute Gasteiger partial charge is 0.495 e. The third-order valence-electron chi connectivity index (χ3n) is 1.29. The molecule has 0 atom stereocenters. The molecule has 1 aromatic rings. The number of anilines is 1. The van der Waals surface area contributed by atoms with Crippen LogP contribution in [-0.2, 0) is 10.4 Å². The van der Waals surface area contributed by atoms with Gasteiger partial charge in [0.25, 0.3) is 0 Å². The molecule has 0 radical (unpaired) electrons. The van der Waals surface area contributed by atoms with Gasteiger partial charge in [0.15, 0.2) is 0 Å². The summed E-state index contributed by atoms with van der Waals surface area (Å²) in [5, 5.41) is 0. The van der Waals surface area contributed by atoms with Crippen molar-refractivity contribution in [3.05, 3.63) is 24.3 Å². The van der Waals surface area contributed by atoms with Gasteiger partial charge in [-0.2, -0.15) is 8.42 Å². The van der Waals surface area contributed by atoms with Gasteiger partial charge in [0.05, 0.1) is 12.8 Å². The van der Waals surface area contributed by atoms with Crippen molar-refractivity contribution in [2.45, 2.75) is 0 Å². The molecule has 0 unspecified atom stereocenters. The number of hydrogen-bond donors (Lipinski definition) is 4. The summed E-state index contributed by atoms with van der Waals surface area (Å²) in [5.74, 6) is 0.595. The van der Waals surface area contributed by atoms with Crippen molar-refractivity contribution >= 4 is 16.1 Å². The van der Waals surface area contributed by atoms with Crippen molar-refractivity contribution in [3.8, 4) is 5.75 Å². The molecule has 0 saturated heterocycles. The lowest BCUT2D eigenvalue weighted by atomic mass is 10.3. The standard InChI is InChI=1S/C7H9FN2O.H2O4S/c1-11-7-5-3-2-4-6(7)9-10-8;1-5(2,3)4/h2-5,9-10H,1H3;(H2,1,2,3,4). The first-order chi connectivity index (χ1) is 7.38. The molecular weight excluding hydrogens is 243 g/mol. The van der Waals surface area contributed by atoms with E-state index >= 15 is 0 Å². The van der Waals surface area contributed by atoms with Crippen LogP contribution in [0.2, 0.25) is 0 Å². The van der Waals surface area contributed by atoms with Crippen molar-refractivity contribution in [1.29, 1.82) is 0 Å². The summed E-state index contributed by atoms with van der Waals surface area (Å²) < 4.78 is 48.1. The minimum atomic E-state index is -4.67. The molecule has 4 N–H and O–H groups in total. The smallest absolute Gasteiger partial charge is 0.394 e. The Bertz CT molecular complexity index is 403. The molecule has 92 valence electrons. The highest BCUT2D eigenvalue weighted by Crippen LogP contribution is 2.21. The van der Waals surface area contributed by atoms with Crippen LogP contribution >= 0.6 is 0 Å². The van der Waals surface area contributed by atoms with E-state index in [9.17, 15) is 4.48 Å². The number of para-hydroxylation sites is 2. The van der Waals surface area contributed by atoms with E-state index in [0.717, 1.165) is 0 Å². The number of ether oxygens (including phenoxy) is 1. The molecule has 0 aliphatic heterocycles. The molecule has 0 heterocycles. The van der Waals surface area contributed by atoms with Crippen LogP contribution in [0.25, 0.3) is 0 Å². The van der Waals surface area contributed by atoms with E-state index in [2.05, 4.69) is 5.43 Å². The maximum absolute atomic E-state index is 11.6. The summed E-state index contributed by atoms with van der Waals surface area (Å²) in [7, 11) is -3.14. The second kappa shape index (κ2) is 6.95. The van der Waals surface area contributed by atoms with Crippen LogP contribution in [0.15, 0.2) is 24.3 Å². The van der Waals surface area contributed by atoms with E-state index in [1.807, 2.05) is 6.07 Å². The number of hydrazine groups is 1. The fraction of sp³-hybridized carbons (Fsp3) is 0.143. The van der Waals surface area contributed by atoms with E-state index in [4.69, 9.17) is 22.3 Å². The lowest BCUT2D eigenvalue weighted by Gasteiger charge is -2.06. The molecule has 0 bridgehead atoms. The van der Waals surface area contributed by atoms with Gasteiger partial charge in [-0.3, -0.25) is 14.5 Å². The Morgan fingerprint density at radius 3 is 2.25 bits per heavy atom. The highest BCUT2D eigenvalue weighted by molar-refractivity contribution is 7.79. The summed E-state index contributed by atoms with van der Waals surface area (Å²) in [6.07, 6.45) is 0. The van der Waals surface area contributed by atoms with Gasteiger partial charge >= 0.3 is 10.4 Å². The summed E-state index contributed by atoms with van der Waals surface area (Å²) in [6.45, 7) is 0. The first-order valence-corrected chi connectivity index (χ1v) is 5.22. The zero-order valence-corrected chi connectivity index (χ0v) is 9.03. The molecule has 0 amide bonds. The SMILES string of the molecule is COc1ccccc1NNF.O=S(=O)(O)O. The second-order valence-corrected chi connectivity index (χ2v) is 3.26. The summed E-state index contributed by atoms with van der Waals surface area (Å²) in [6, 6.07) is 7.02. The normalized spacial score (nSPS) is 10.0. The van der Waals surface area contributed by atoms with Gasteiger partial charge in [-0.15, -0.1) is 4.48 Å². The Labute approximate surface area is 91.7 Å². The molecule has 0 spiro atoms. The molecule has 9 heteroatoms. The van der Waals surface area contributed by atoms with E-state index in [1.165, 1.54) is 12.8 Å². The average molecular weight is 254 g/mol. The maximum Gasteiger partial charge on any atom is 0.394 e. The molecule has 0 aromatic heterocycles. The van der Waals surface area contributed by atoms with Crippen LogP contribution in [0.1, 0.15) is 0 Å². The van der Waals surface area contributed by atoms with Crippen molar-refractivity contribution in [2.75, 3.05) is 12.5 Å². The fourth-order valence-electron chi connectivity index (χ4n) is 0.799. The molecule has 0 fully saturated rings. The zero-order chi connectivity index (χ0) is 12.6. The van der Waals surface area contributed by atoms with E-state index in [1.54, 1.807) is 18.2 Å². The fourth-order valence-corrected chi connectivity index (χ4v) is 0.799. The monoisotopic (exact) mass is 254 g/mol. The van der Waals surface area contributed by atoms with Gasteiger partial charge in [-0.25, -0.2) is 0 Å². The number of benzene rings is 1. The van der Waals surface area contributed by atoms with Crippen molar-refractivity contribution in [1.82, 2.24) is 5.65 Å². The lowest BCUT2D eigenvalue weighted by Crippen LogP contribution is -2.10. The molecule has 1 rings (SSSR count). The van der Waals surface area contributed by atoms with Gasteiger partial charge < -0.3 is 4.74 Å². The summed E-state index contributed by atoms with van der Waals surface area (Å²) in [5.41, 5.74) is 4.18. The van der Waals surface area contributed by atoms with Gasteiger partial charge in [-0.1, -0.05) is 17.8 Å². The van der Waals surface area contributed by atoms with Crippen LogP contribution in [-0.4, -0.2) is 24.6 Å². The quantitative estimate of drug-likeness (QED) is 0.359. The predicted molar refractivity (Wildman–Crippen MR) is 55.0 cm³/mol. The summed E-state index contributed by atoms with van der Waals surface area (Å²) >= 11 is 0. The predicted octanol–water partition coefficient (Wildman–Crippen LogP) is 0.843. The Balaban J connectivity index is 0.000000385. The Kier molecular flexibility index (Phi) is 6.34. The lowest BCUT2D eigenvalue weighted by molar-refractivity contribution is 0.370. The molecule has 0 aliphatic rings. The zero-order valence-electron chi connectivity index (χ0n) is 8.21. The van der Waals surface area contributed by atoms with Crippen LogP contribution in [0.3, 0.4) is 0 Å². The highest BCUT2D eigenvalue weighted by atomic mass is 32.3. The Hall–Kier alpha value is -1.42. The van der Waals surface area contributed by atoms with Crippen LogP contribution in [0.4, 0.5) is 10.2 Å².